The molecule has 8 heteroatoms. The number of carbonyl (C=O) groups excluding carboxylic acids is 1. The SMILES string of the molecule is CC(C)[C@H](C(=O)O)N1C(=O)/C(=C\c2ccccc2C(=O)O)SC1=S. The lowest BCUT2D eigenvalue weighted by Crippen LogP contribution is -2.47. The molecule has 1 heterocycles. The number of amides is 1. The number of carboxylic acid groups (broad SMARTS) is 2. The van der Waals surface area contributed by atoms with Crippen molar-refractivity contribution in [3.63, 3.8) is 0 Å². The molecule has 1 fully saturated rings. The number of thiocarbonyl (C=S) groups is 1. The Bertz CT molecular complexity index is 757. The van der Waals surface area contributed by atoms with Crippen LogP contribution in [0.3, 0.4) is 0 Å². The second-order valence-electron chi connectivity index (χ2n) is 5.47. The first kappa shape index (κ1) is 18.2. The normalized spacial score (nSPS) is 17.6. The van der Waals surface area contributed by atoms with Crippen LogP contribution < -0.4 is 0 Å². The monoisotopic (exact) mass is 365 g/mol. The molecule has 0 saturated carbocycles. The lowest BCUT2D eigenvalue weighted by atomic mass is 10.0. The van der Waals surface area contributed by atoms with Gasteiger partial charge in [0.05, 0.1) is 10.5 Å². The van der Waals surface area contributed by atoms with Gasteiger partial charge in [-0.3, -0.25) is 9.69 Å². The molecule has 6 nitrogen and oxygen atoms in total. The second-order valence-corrected chi connectivity index (χ2v) is 7.15. The number of carboxylic acids is 2. The Morgan fingerprint density at radius 3 is 2.42 bits per heavy atom. The number of carbonyl (C=O) groups is 3. The Labute approximate surface area is 148 Å². The first-order valence-corrected chi connectivity index (χ1v) is 8.28. The van der Waals surface area contributed by atoms with Gasteiger partial charge in [-0.05, 0) is 23.6 Å². The number of nitrogens with zero attached hydrogens (tertiary/aromatic N) is 1. The van der Waals surface area contributed by atoms with E-state index in [0.717, 1.165) is 16.7 Å². The van der Waals surface area contributed by atoms with Gasteiger partial charge in [-0.25, -0.2) is 9.59 Å². The van der Waals surface area contributed by atoms with Gasteiger partial charge >= 0.3 is 11.9 Å². The Morgan fingerprint density at radius 1 is 1.25 bits per heavy atom. The van der Waals surface area contributed by atoms with Crippen LogP contribution in [0, 0.1) is 5.92 Å². The number of benzene rings is 1. The summed E-state index contributed by atoms with van der Waals surface area (Å²) in [6, 6.07) is 5.20. The van der Waals surface area contributed by atoms with Crippen molar-refractivity contribution in [2.45, 2.75) is 19.9 Å². The highest BCUT2D eigenvalue weighted by molar-refractivity contribution is 8.26. The van der Waals surface area contributed by atoms with Crippen LogP contribution in [0.25, 0.3) is 6.08 Å². The van der Waals surface area contributed by atoms with E-state index < -0.39 is 23.9 Å². The van der Waals surface area contributed by atoms with Crippen molar-refractivity contribution in [1.82, 2.24) is 4.90 Å². The van der Waals surface area contributed by atoms with Gasteiger partial charge in [0.2, 0.25) is 0 Å². The smallest absolute Gasteiger partial charge is 0.336 e. The number of hydrogen-bond donors (Lipinski definition) is 2. The molecule has 24 heavy (non-hydrogen) atoms. The predicted molar refractivity (Wildman–Crippen MR) is 94.7 cm³/mol. The number of hydrogen-bond acceptors (Lipinski definition) is 5. The van der Waals surface area contributed by atoms with Gasteiger partial charge in [0.25, 0.3) is 5.91 Å². The maximum absolute atomic E-state index is 12.6. The first-order chi connectivity index (χ1) is 11.2. The van der Waals surface area contributed by atoms with E-state index in [-0.39, 0.29) is 20.7 Å². The van der Waals surface area contributed by atoms with Crippen molar-refractivity contribution in [2.24, 2.45) is 5.92 Å². The summed E-state index contributed by atoms with van der Waals surface area (Å²) in [5, 5.41) is 18.6. The van der Waals surface area contributed by atoms with E-state index in [1.807, 2.05) is 0 Å². The molecule has 0 aliphatic carbocycles. The third kappa shape index (κ3) is 3.49. The van der Waals surface area contributed by atoms with E-state index in [1.165, 1.54) is 12.1 Å². The summed E-state index contributed by atoms with van der Waals surface area (Å²) >= 11 is 6.13. The summed E-state index contributed by atoms with van der Waals surface area (Å²) < 4.78 is 0.153. The van der Waals surface area contributed by atoms with Crippen LogP contribution in [0.4, 0.5) is 0 Å². The Morgan fingerprint density at radius 2 is 1.88 bits per heavy atom. The molecule has 1 aliphatic rings. The minimum absolute atomic E-state index is 0.0569. The number of thioether (sulfide) groups is 1. The molecule has 0 aromatic heterocycles. The molecule has 1 aromatic carbocycles. The van der Waals surface area contributed by atoms with E-state index in [4.69, 9.17) is 12.2 Å². The van der Waals surface area contributed by atoms with Crippen LogP contribution in [0.2, 0.25) is 0 Å². The Hall–Kier alpha value is -2.19. The first-order valence-electron chi connectivity index (χ1n) is 7.06. The molecule has 0 unspecified atom stereocenters. The van der Waals surface area contributed by atoms with Crippen molar-refractivity contribution in [3.05, 3.63) is 40.3 Å². The molecule has 1 aliphatic heterocycles. The zero-order valence-corrected chi connectivity index (χ0v) is 14.6. The minimum Gasteiger partial charge on any atom is -0.480 e. The third-order valence-electron chi connectivity index (χ3n) is 3.46. The molecule has 1 amide bonds. The van der Waals surface area contributed by atoms with E-state index in [1.54, 1.807) is 32.0 Å². The molecule has 0 spiro atoms. The maximum Gasteiger partial charge on any atom is 0.336 e. The molecule has 126 valence electrons. The number of rotatable bonds is 5. The lowest BCUT2D eigenvalue weighted by Gasteiger charge is -2.26. The van der Waals surface area contributed by atoms with Crippen LogP contribution >= 0.6 is 24.0 Å². The third-order valence-corrected chi connectivity index (χ3v) is 4.79. The summed E-state index contributed by atoms with van der Waals surface area (Å²) in [5.74, 6) is -3.08. The summed E-state index contributed by atoms with van der Waals surface area (Å²) in [6.45, 7) is 3.39. The maximum atomic E-state index is 12.6. The van der Waals surface area contributed by atoms with E-state index in [0.29, 0.717) is 5.56 Å². The van der Waals surface area contributed by atoms with Gasteiger partial charge in [0.1, 0.15) is 10.4 Å². The quantitative estimate of drug-likeness (QED) is 0.612. The molecule has 2 N–H and O–H groups in total. The van der Waals surface area contributed by atoms with Crippen molar-refractivity contribution >= 4 is 52.2 Å². The average Bonchev–Trinajstić information content (AvgIpc) is 2.75. The highest BCUT2D eigenvalue weighted by atomic mass is 32.2. The molecule has 0 bridgehead atoms. The van der Waals surface area contributed by atoms with Gasteiger partial charge in [0.15, 0.2) is 0 Å². The van der Waals surface area contributed by atoms with E-state index in [2.05, 4.69) is 0 Å². The largest absolute Gasteiger partial charge is 0.480 e. The molecule has 2 rings (SSSR count). The van der Waals surface area contributed by atoms with Gasteiger partial charge in [0, 0.05) is 0 Å². The van der Waals surface area contributed by atoms with Gasteiger partial charge < -0.3 is 10.2 Å². The number of aromatic carboxylic acids is 1. The van der Waals surface area contributed by atoms with Crippen LogP contribution in [0.1, 0.15) is 29.8 Å². The van der Waals surface area contributed by atoms with Gasteiger partial charge in [-0.2, -0.15) is 0 Å². The minimum atomic E-state index is -1.13. The fraction of sp³-hybridized carbons (Fsp3) is 0.250. The van der Waals surface area contributed by atoms with Crippen molar-refractivity contribution in [1.29, 1.82) is 0 Å². The summed E-state index contributed by atoms with van der Waals surface area (Å²) in [4.78, 5) is 36.6. The average molecular weight is 365 g/mol. The van der Waals surface area contributed by atoms with E-state index >= 15 is 0 Å². The zero-order chi connectivity index (χ0) is 18.0. The fourth-order valence-electron chi connectivity index (χ4n) is 2.37. The van der Waals surface area contributed by atoms with Crippen LogP contribution in [0.15, 0.2) is 29.2 Å². The Balaban J connectivity index is 2.42. The van der Waals surface area contributed by atoms with Crippen LogP contribution in [-0.2, 0) is 9.59 Å². The van der Waals surface area contributed by atoms with Crippen molar-refractivity contribution in [2.75, 3.05) is 0 Å². The van der Waals surface area contributed by atoms with Crippen LogP contribution in [-0.4, -0.2) is 43.3 Å². The van der Waals surface area contributed by atoms with Crippen molar-refractivity contribution < 1.29 is 24.6 Å². The molecular formula is C16H15NO5S2. The predicted octanol–water partition coefficient (Wildman–Crippen LogP) is 2.70. The van der Waals surface area contributed by atoms with Gasteiger partial charge in [-0.15, -0.1) is 0 Å². The molecule has 0 radical (unpaired) electrons. The van der Waals surface area contributed by atoms with Crippen molar-refractivity contribution in [3.8, 4) is 0 Å². The van der Waals surface area contributed by atoms with Gasteiger partial charge in [-0.1, -0.05) is 56.0 Å². The van der Waals surface area contributed by atoms with Crippen LogP contribution in [0.5, 0.6) is 0 Å². The topological polar surface area (TPSA) is 94.9 Å². The highest BCUT2D eigenvalue weighted by Crippen LogP contribution is 2.35. The van der Waals surface area contributed by atoms with E-state index in [9.17, 15) is 24.6 Å². The number of aliphatic carboxylic acids is 1. The molecule has 1 aromatic rings. The summed E-state index contributed by atoms with van der Waals surface area (Å²) in [7, 11) is 0. The fourth-order valence-corrected chi connectivity index (χ4v) is 3.69. The highest BCUT2D eigenvalue weighted by Gasteiger charge is 2.41. The summed E-state index contributed by atoms with van der Waals surface area (Å²) in [5.41, 5.74) is 0.420. The Kier molecular flexibility index (Phi) is 5.40. The zero-order valence-electron chi connectivity index (χ0n) is 12.9. The molecular weight excluding hydrogens is 350 g/mol. The second kappa shape index (κ2) is 7.14. The standard InChI is InChI=1S/C16H15NO5S2/c1-8(2)12(15(21)22)17-13(18)11(24-16(17)23)7-9-5-3-4-6-10(9)14(19)20/h3-8,12H,1-2H3,(H,19,20)(H,21,22)/b11-7+/t12-/m1/s1. The molecule has 1 atom stereocenters. The molecule has 1 saturated heterocycles. The lowest BCUT2D eigenvalue weighted by molar-refractivity contribution is -0.146. The summed E-state index contributed by atoms with van der Waals surface area (Å²) in [6.07, 6.45) is 1.43.